The quantitative estimate of drug-likeness (QED) is 0.0434. The fraction of sp³-hybridized carbons (Fsp3) is 0.841. The Hall–Kier alpha value is -2.20. The van der Waals surface area contributed by atoms with Crippen molar-refractivity contribution in [2.75, 3.05) is 25.9 Å². The molecule has 3 unspecified atom stereocenters. The molecular weight excluding hydrogens is 968 g/mol. The normalized spacial score (nSPS) is 17.4. The molecule has 3 atom stereocenters. The minimum atomic E-state index is -0.778. The molecule has 1 fully saturated rings. The van der Waals surface area contributed by atoms with Gasteiger partial charge in [-0.05, 0) is 134 Å². The van der Waals surface area contributed by atoms with Crippen molar-refractivity contribution in [3.05, 3.63) is 34.4 Å². The molecule has 75 heavy (non-hydrogen) atoms. The highest BCUT2D eigenvalue weighted by atomic mass is 32.2. The number of carbonyl (C=O) groups excluding carboxylic acids is 4. The highest BCUT2D eigenvalue weighted by Gasteiger charge is 2.47. The fourth-order valence-corrected chi connectivity index (χ4v) is 15.9. The fourth-order valence-electron chi connectivity index (χ4n) is 14.2. The molecule has 1 aliphatic rings. The molecule has 1 heterocycles. The number of nitrogens with one attached hydrogen (secondary N) is 4. The Labute approximate surface area is 467 Å². The molecule has 1 aromatic rings. The van der Waals surface area contributed by atoms with Gasteiger partial charge in [-0.1, -0.05) is 171 Å². The van der Waals surface area contributed by atoms with Gasteiger partial charge >= 0.3 is 0 Å². The van der Waals surface area contributed by atoms with Gasteiger partial charge in [-0.2, -0.15) is 11.8 Å². The third-order valence-electron chi connectivity index (χ3n) is 16.1. The molecule has 2 rings (SSSR count). The molecule has 1 saturated heterocycles. The van der Waals surface area contributed by atoms with E-state index in [2.05, 4.69) is 195 Å². The second-order valence-electron chi connectivity index (χ2n) is 32.3. The van der Waals surface area contributed by atoms with Crippen LogP contribution in [0.5, 0.6) is 0 Å². The largest absolute Gasteiger partial charge is 0.355 e. The lowest BCUT2D eigenvalue weighted by Crippen LogP contribution is -2.48. The Balaban J connectivity index is 3.05. The van der Waals surface area contributed by atoms with Crippen LogP contribution in [0.3, 0.4) is 0 Å². The predicted molar refractivity (Wildman–Crippen MR) is 327 cm³/mol. The molecule has 0 aliphatic carbocycles. The van der Waals surface area contributed by atoms with Crippen LogP contribution in [-0.2, 0) is 40.8 Å². The van der Waals surface area contributed by atoms with Crippen LogP contribution in [0.4, 0.5) is 0 Å². The van der Waals surface area contributed by atoms with Gasteiger partial charge in [0.15, 0.2) is 0 Å². The topological polar surface area (TPSA) is 168 Å². The van der Waals surface area contributed by atoms with Gasteiger partial charge in [-0.15, -0.1) is 9.24 Å². The van der Waals surface area contributed by atoms with Crippen molar-refractivity contribution < 1.29 is 19.2 Å². The number of hydrogen-bond acceptors (Lipinski definition) is 7. The summed E-state index contributed by atoms with van der Waals surface area (Å²) in [7, 11) is 2.61. The first kappa shape index (κ1) is 68.9. The molecule has 0 spiro atoms. The summed E-state index contributed by atoms with van der Waals surface area (Å²) in [6, 6.07) is 4.81. The molecule has 0 saturated carbocycles. The van der Waals surface area contributed by atoms with Crippen LogP contribution in [0.1, 0.15) is 260 Å². The van der Waals surface area contributed by atoms with E-state index in [4.69, 9.17) is 11.5 Å². The molecule has 8 N–H and O–H groups in total. The van der Waals surface area contributed by atoms with E-state index in [1.54, 1.807) is 0 Å². The standard InChI is InChI=1S/C63H117N6O4PS/c1-27-28-63(26,38-61(22,23)65)40-68-49(72)58(16,17)36-54(8,9)45-30-44(53(6,7)35-57(14,15)48(71)67-39-51(2,3)33-60(20,21)64)43(29-46(45)55(10,11)37-59(18,19)50(73)69-41-74)52(4,5)34-56(12,13)47(70)66-32-42-31-62(24,25)75-42/h29-30,42H,27-28,31-41,64-65,74H2,1-26H3,(H,66,70)(H,67,71)(H,68,72)(H,69,73). The molecule has 0 aromatic heterocycles. The van der Waals surface area contributed by atoms with E-state index in [0.29, 0.717) is 56.9 Å². The number of rotatable bonds is 29. The van der Waals surface area contributed by atoms with Crippen molar-refractivity contribution in [3.8, 4) is 0 Å². The lowest BCUT2D eigenvalue weighted by molar-refractivity contribution is -0.131. The number of nitrogens with two attached hydrogens (primary N) is 2. The number of thioether (sulfide) groups is 1. The monoisotopic (exact) mass is 1080 g/mol. The highest BCUT2D eigenvalue weighted by molar-refractivity contribution is 8.02. The van der Waals surface area contributed by atoms with E-state index < -0.39 is 43.3 Å². The molecule has 0 bridgehead atoms. The first-order valence-corrected chi connectivity index (χ1v) is 30.2. The zero-order chi connectivity index (χ0) is 58.8. The van der Waals surface area contributed by atoms with Gasteiger partial charge in [-0.25, -0.2) is 0 Å². The average molecular weight is 1090 g/mol. The summed E-state index contributed by atoms with van der Waals surface area (Å²) in [6.07, 6.45) is 7.20. The molecule has 1 aliphatic heterocycles. The van der Waals surface area contributed by atoms with Crippen LogP contribution in [0, 0.1) is 32.5 Å². The Kier molecular flexibility index (Phi) is 21.9. The summed E-state index contributed by atoms with van der Waals surface area (Å²) in [5.41, 5.74) is 11.2. The maximum atomic E-state index is 14.7. The van der Waals surface area contributed by atoms with Gasteiger partial charge < -0.3 is 32.7 Å². The van der Waals surface area contributed by atoms with Crippen LogP contribution in [0.15, 0.2) is 12.1 Å². The van der Waals surface area contributed by atoms with Crippen LogP contribution in [0.25, 0.3) is 0 Å². The molecule has 10 nitrogen and oxygen atoms in total. The summed E-state index contributed by atoms with van der Waals surface area (Å²) in [5.74, 6) is 0.0334. The molecule has 434 valence electrons. The number of amides is 4. The van der Waals surface area contributed by atoms with E-state index in [9.17, 15) is 19.2 Å². The van der Waals surface area contributed by atoms with Crippen molar-refractivity contribution in [2.45, 2.75) is 281 Å². The van der Waals surface area contributed by atoms with E-state index in [-0.39, 0.29) is 50.3 Å². The predicted octanol–water partition coefficient (Wildman–Crippen LogP) is 13.1. The zero-order valence-electron chi connectivity index (χ0n) is 53.2. The van der Waals surface area contributed by atoms with Crippen molar-refractivity contribution in [2.24, 2.45) is 44.0 Å². The van der Waals surface area contributed by atoms with Gasteiger partial charge in [0.2, 0.25) is 23.6 Å². The lowest BCUT2D eigenvalue weighted by Gasteiger charge is -2.46. The summed E-state index contributed by atoms with van der Waals surface area (Å²) >= 11 is 1.94. The molecule has 4 amide bonds. The smallest absolute Gasteiger partial charge is 0.225 e. The van der Waals surface area contributed by atoms with E-state index >= 15 is 0 Å². The van der Waals surface area contributed by atoms with E-state index in [1.165, 1.54) is 0 Å². The minimum absolute atomic E-state index is 0.00720. The summed E-state index contributed by atoms with van der Waals surface area (Å²) in [6.45, 7) is 57.6. The van der Waals surface area contributed by atoms with E-state index in [1.807, 2.05) is 39.5 Å². The lowest BCUT2D eigenvalue weighted by atomic mass is 9.59. The van der Waals surface area contributed by atoms with Gasteiger partial charge in [0.25, 0.3) is 0 Å². The van der Waals surface area contributed by atoms with Crippen molar-refractivity contribution >= 4 is 44.6 Å². The minimum Gasteiger partial charge on any atom is -0.355 e. The van der Waals surface area contributed by atoms with Gasteiger partial charge in [-0.3, -0.25) is 19.2 Å². The molecule has 12 heteroatoms. The Morgan fingerprint density at radius 1 is 0.520 bits per heavy atom. The van der Waals surface area contributed by atoms with Crippen LogP contribution in [-0.4, -0.2) is 70.6 Å². The SMILES string of the molecule is CCCC(C)(CNC(=O)C(C)(C)CC(C)(C)c1cc(C(C)(C)CC(C)(C)C(=O)NCC(C)(C)CC(C)(C)N)c(C(C)(C)CC(C)(C)C(=O)NCC2CC(C)(C)S2)cc1C(C)(C)CC(C)(C)C(=O)NCP)CC(C)(C)N. The van der Waals surface area contributed by atoms with E-state index in [0.717, 1.165) is 54.4 Å². The summed E-state index contributed by atoms with van der Waals surface area (Å²) in [5, 5.41) is 13.6. The zero-order valence-corrected chi connectivity index (χ0v) is 55.2. The maximum absolute atomic E-state index is 14.7. The van der Waals surface area contributed by atoms with Crippen molar-refractivity contribution in [3.63, 3.8) is 0 Å². The summed E-state index contributed by atoms with van der Waals surface area (Å²) < 4.78 is 0.241. The third-order valence-corrected chi connectivity index (χ3v) is 17.8. The number of carbonyl (C=O) groups is 4. The molecule has 0 radical (unpaired) electrons. The van der Waals surface area contributed by atoms with Crippen LogP contribution < -0.4 is 32.7 Å². The second-order valence-corrected chi connectivity index (χ2v) is 34.7. The third kappa shape index (κ3) is 20.1. The highest BCUT2D eigenvalue weighted by Crippen LogP contribution is 2.52. The first-order chi connectivity index (χ1) is 33.2. The summed E-state index contributed by atoms with van der Waals surface area (Å²) in [4.78, 5) is 57.4. The van der Waals surface area contributed by atoms with Crippen LogP contribution >= 0.6 is 21.0 Å². The number of hydrogen-bond donors (Lipinski definition) is 6. The molecule has 1 aromatic carbocycles. The van der Waals surface area contributed by atoms with Gasteiger partial charge in [0, 0.05) is 68.7 Å². The Morgan fingerprint density at radius 3 is 1.12 bits per heavy atom. The van der Waals surface area contributed by atoms with Crippen LogP contribution in [0.2, 0.25) is 0 Å². The van der Waals surface area contributed by atoms with Crippen molar-refractivity contribution in [1.82, 2.24) is 21.3 Å². The first-order valence-electron chi connectivity index (χ1n) is 28.5. The number of benzene rings is 1. The molecular formula is C63H117N6O4PS. The van der Waals surface area contributed by atoms with Crippen molar-refractivity contribution in [1.29, 1.82) is 0 Å². The maximum Gasteiger partial charge on any atom is 0.225 e. The Bertz CT molecular complexity index is 2150. The second kappa shape index (κ2) is 23.9. The van der Waals surface area contributed by atoms with Gasteiger partial charge in [0.1, 0.15) is 0 Å². The average Bonchev–Trinajstić information content (AvgIpc) is 3.16. The Morgan fingerprint density at radius 2 is 0.827 bits per heavy atom. The van der Waals surface area contributed by atoms with Gasteiger partial charge in [0.05, 0.1) is 0 Å².